The molecule has 66 valence electrons. The van der Waals surface area contributed by atoms with Crippen LogP contribution in [0.2, 0.25) is 0 Å². The number of alkyl halides is 1. The van der Waals surface area contributed by atoms with Gasteiger partial charge in [0, 0.05) is 0 Å². The fourth-order valence-electron chi connectivity index (χ4n) is 0.780. The van der Waals surface area contributed by atoms with E-state index in [1.165, 1.54) is 12.1 Å². The second-order valence-electron chi connectivity index (χ2n) is 2.22. The maximum atomic E-state index is 12.3. The van der Waals surface area contributed by atoms with Gasteiger partial charge in [0.1, 0.15) is 6.67 Å². The normalized spacial score (nSPS) is 11.5. The summed E-state index contributed by atoms with van der Waals surface area (Å²) in [6, 6.07) is 4.72. The highest BCUT2D eigenvalue weighted by atomic mass is 32.3. The Morgan fingerprint density at radius 3 is 2.50 bits per heavy atom. The Kier molecular flexibility index (Phi) is 2.42. The lowest BCUT2D eigenvalue weighted by Gasteiger charge is -1.96. The molecular formula is C7H6F2O2S. The molecule has 0 unspecified atom stereocenters. The minimum Gasteiger partial charge on any atom is -0.246 e. The molecule has 0 amide bonds. The molecule has 0 N–H and O–H groups in total. The monoisotopic (exact) mass is 192 g/mol. The van der Waals surface area contributed by atoms with Gasteiger partial charge in [-0.3, -0.25) is 0 Å². The summed E-state index contributed by atoms with van der Waals surface area (Å²) in [5.41, 5.74) is 0.147. The molecule has 0 aliphatic heterocycles. The van der Waals surface area contributed by atoms with Crippen LogP contribution in [-0.2, 0) is 16.9 Å². The van der Waals surface area contributed by atoms with Gasteiger partial charge in [0.25, 0.3) is 0 Å². The Labute approximate surface area is 69.0 Å². The molecular weight excluding hydrogens is 186 g/mol. The van der Waals surface area contributed by atoms with Crippen LogP contribution in [0.4, 0.5) is 8.28 Å². The molecule has 1 aromatic carbocycles. The summed E-state index contributed by atoms with van der Waals surface area (Å²) in [5.74, 6) is 0. The average molecular weight is 192 g/mol. The standard InChI is InChI=1S/C7H6F2O2S/c8-5-6-2-1-3-7(4-6)12(9,10)11/h1-4H,5H2. The summed E-state index contributed by atoms with van der Waals surface area (Å²) in [6.07, 6.45) is 0. The maximum Gasteiger partial charge on any atom is 0.332 e. The molecule has 0 bridgehead atoms. The van der Waals surface area contributed by atoms with Crippen LogP contribution in [0.15, 0.2) is 29.2 Å². The fourth-order valence-corrected chi connectivity index (χ4v) is 1.31. The lowest BCUT2D eigenvalue weighted by atomic mass is 10.2. The van der Waals surface area contributed by atoms with Crippen LogP contribution in [0, 0.1) is 0 Å². The smallest absolute Gasteiger partial charge is 0.246 e. The summed E-state index contributed by atoms with van der Waals surface area (Å²) in [5, 5.41) is 0. The van der Waals surface area contributed by atoms with Crippen molar-refractivity contribution in [1.29, 1.82) is 0 Å². The van der Waals surface area contributed by atoms with Crippen molar-refractivity contribution < 1.29 is 16.7 Å². The van der Waals surface area contributed by atoms with Gasteiger partial charge in [-0.05, 0) is 17.7 Å². The van der Waals surface area contributed by atoms with E-state index in [2.05, 4.69) is 0 Å². The van der Waals surface area contributed by atoms with Gasteiger partial charge >= 0.3 is 10.2 Å². The number of hydrogen-bond donors (Lipinski definition) is 0. The van der Waals surface area contributed by atoms with Crippen LogP contribution in [0.1, 0.15) is 5.56 Å². The molecule has 0 aliphatic rings. The van der Waals surface area contributed by atoms with Gasteiger partial charge < -0.3 is 0 Å². The maximum absolute atomic E-state index is 12.3. The Morgan fingerprint density at radius 2 is 2.00 bits per heavy atom. The van der Waals surface area contributed by atoms with Gasteiger partial charge in [0.15, 0.2) is 0 Å². The van der Waals surface area contributed by atoms with E-state index in [1.807, 2.05) is 0 Å². The van der Waals surface area contributed by atoms with Crippen molar-refractivity contribution in [3.05, 3.63) is 29.8 Å². The fraction of sp³-hybridized carbons (Fsp3) is 0.143. The molecule has 0 saturated carbocycles. The van der Waals surface area contributed by atoms with E-state index in [-0.39, 0.29) is 5.56 Å². The van der Waals surface area contributed by atoms with Crippen LogP contribution in [0.3, 0.4) is 0 Å². The molecule has 0 heterocycles. The van der Waals surface area contributed by atoms with Gasteiger partial charge in [-0.15, -0.1) is 3.89 Å². The molecule has 1 aromatic rings. The Bertz CT molecular complexity index is 373. The van der Waals surface area contributed by atoms with E-state index in [4.69, 9.17) is 0 Å². The van der Waals surface area contributed by atoms with Crippen molar-refractivity contribution in [3.8, 4) is 0 Å². The third kappa shape index (κ3) is 2.01. The molecule has 2 nitrogen and oxygen atoms in total. The number of hydrogen-bond acceptors (Lipinski definition) is 2. The second kappa shape index (κ2) is 3.18. The molecule has 5 heteroatoms. The van der Waals surface area contributed by atoms with Crippen molar-refractivity contribution in [3.63, 3.8) is 0 Å². The largest absolute Gasteiger partial charge is 0.332 e. The first-order chi connectivity index (χ1) is 5.54. The zero-order valence-electron chi connectivity index (χ0n) is 6.00. The zero-order valence-corrected chi connectivity index (χ0v) is 6.81. The molecule has 0 atom stereocenters. The second-order valence-corrected chi connectivity index (χ2v) is 3.57. The van der Waals surface area contributed by atoms with Crippen LogP contribution in [0.25, 0.3) is 0 Å². The van der Waals surface area contributed by atoms with E-state index in [0.717, 1.165) is 12.1 Å². The molecule has 0 fully saturated rings. The highest BCUT2D eigenvalue weighted by Gasteiger charge is 2.11. The van der Waals surface area contributed by atoms with Crippen molar-refractivity contribution in [2.45, 2.75) is 11.6 Å². The third-order valence-electron chi connectivity index (χ3n) is 1.33. The summed E-state index contributed by atoms with van der Waals surface area (Å²) in [6.45, 7) is -0.802. The summed E-state index contributed by atoms with van der Waals surface area (Å²) >= 11 is 0. The first-order valence-corrected chi connectivity index (χ1v) is 4.52. The Morgan fingerprint density at radius 1 is 1.33 bits per heavy atom. The highest BCUT2D eigenvalue weighted by molar-refractivity contribution is 7.86. The number of benzene rings is 1. The van der Waals surface area contributed by atoms with Gasteiger partial charge in [-0.2, -0.15) is 8.42 Å². The summed E-state index contributed by atoms with van der Waals surface area (Å²) in [7, 11) is -4.70. The van der Waals surface area contributed by atoms with Crippen molar-refractivity contribution in [2.75, 3.05) is 0 Å². The highest BCUT2D eigenvalue weighted by Crippen LogP contribution is 2.14. The number of halogens is 2. The molecule has 12 heavy (non-hydrogen) atoms. The van der Waals surface area contributed by atoms with E-state index >= 15 is 0 Å². The molecule has 0 radical (unpaired) electrons. The molecule has 0 saturated heterocycles. The van der Waals surface area contributed by atoms with Crippen LogP contribution in [-0.4, -0.2) is 8.42 Å². The predicted molar refractivity (Wildman–Crippen MR) is 39.5 cm³/mol. The van der Waals surface area contributed by atoms with E-state index < -0.39 is 21.8 Å². The lowest BCUT2D eigenvalue weighted by Crippen LogP contribution is -1.92. The lowest BCUT2D eigenvalue weighted by molar-refractivity contribution is 0.484. The predicted octanol–water partition coefficient (Wildman–Crippen LogP) is 1.81. The molecule has 0 aliphatic carbocycles. The molecule has 1 rings (SSSR count). The van der Waals surface area contributed by atoms with Crippen molar-refractivity contribution >= 4 is 10.2 Å². The van der Waals surface area contributed by atoms with Crippen LogP contribution < -0.4 is 0 Å². The van der Waals surface area contributed by atoms with Crippen molar-refractivity contribution in [1.82, 2.24) is 0 Å². The van der Waals surface area contributed by atoms with Crippen LogP contribution in [0.5, 0.6) is 0 Å². The molecule has 0 spiro atoms. The third-order valence-corrected chi connectivity index (χ3v) is 2.15. The quantitative estimate of drug-likeness (QED) is 0.670. The number of rotatable bonds is 2. The SMILES string of the molecule is O=S(=O)(F)c1cccc(CF)c1. The molecule has 0 aromatic heterocycles. The topological polar surface area (TPSA) is 34.1 Å². The van der Waals surface area contributed by atoms with E-state index in [1.54, 1.807) is 0 Å². The summed E-state index contributed by atoms with van der Waals surface area (Å²) in [4.78, 5) is -0.502. The minimum absolute atomic E-state index is 0.147. The van der Waals surface area contributed by atoms with Gasteiger partial charge in [-0.25, -0.2) is 4.39 Å². The van der Waals surface area contributed by atoms with Gasteiger partial charge in [0.05, 0.1) is 4.90 Å². The van der Waals surface area contributed by atoms with Crippen molar-refractivity contribution in [2.24, 2.45) is 0 Å². The zero-order chi connectivity index (χ0) is 9.19. The first-order valence-electron chi connectivity index (χ1n) is 3.13. The minimum atomic E-state index is -4.70. The first kappa shape index (κ1) is 9.12. The van der Waals surface area contributed by atoms with E-state index in [0.29, 0.717) is 0 Å². The summed E-state index contributed by atoms with van der Waals surface area (Å²) < 4.78 is 44.9. The van der Waals surface area contributed by atoms with E-state index in [9.17, 15) is 16.7 Å². The van der Waals surface area contributed by atoms with Gasteiger partial charge in [-0.1, -0.05) is 12.1 Å². The Balaban J connectivity index is 3.20. The van der Waals surface area contributed by atoms with Crippen LogP contribution >= 0.6 is 0 Å². The van der Waals surface area contributed by atoms with Gasteiger partial charge in [0.2, 0.25) is 0 Å². The Hall–Kier alpha value is -0.970. The average Bonchev–Trinajstić information content (AvgIpc) is 2.03.